The van der Waals surface area contributed by atoms with Crippen LogP contribution >= 0.6 is 0 Å². The van der Waals surface area contributed by atoms with Crippen LogP contribution in [0.1, 0.15) is 11.1 Å². The summed E-state index contributed by atoms with van der Waals surface area (Å²) in [5, 5.41) is 7.66. The molecule has 0 fully saturated rings. The number of nitrogens with zero attached hydrogens (tertiary/aromatic N) is 4. The lowest BCUT2D eigenvalue weighted by molar-refractivity contribution is -0.116. The maximum absolute atomic E-state index is 13.1. The zero-order valence-corrected chi connectivity index (χ0v) is 18.6. The summed E-state index contributed by atoms with van der Waals surface area (Å²) in [5.41, 5.74) is 4.26. The Morgan fingerprint density at radius 1 is 1.06 bits per heavy atom. The number of para-hydroxylation sites is 1. The third-order valence-corrected chi connectivity index (χ3v) is 5.55. The number of benzene rings is 2. The number of rotatable bonds is 5. The van der Waals surface area contributed by atoms with Gasteiger partial charge in [0, 0.05) is 35.1 Å². The Morgan fingerprint density at radius 2 is 1.91 bits per heavy atom. The van der Waals surface area contributed by atoms with Gasteiger partial charge in [-0.2, -0.15) is 4.98 Å². The highest BCUT2D eigenvalue weighted by molar-refractivity contribution is 5.95. The molecule has 0 radical (unpaired) electrons. The van der Waals surface area contributed by atoms with Crippen molar-refractivity contribution in [2.45, 2.75) is 20.4 Å². The molecular weight excluding hydrogens is 430 g/mol. The molecule has 5 rings (SSSR count). The molecule has 0 unspecified atom stereocenters. The third kappa shape index (κ3) is 4.09. The molecule has 0 spiro atoms. The van der Waals surface area contributed by atoms with Crippen LogP contribution in [-0.4, -0.2) is 25.6 Å². The number of nitrogens with one attached hydrogen (secondary N) is 1. The summed E-state index contributed by atoms with van der Waals surface area (Å²) < 4.78 is 6.92. The number of amides is 1. The van der Waals surface area contributed by atoms with Crippen molar-refractivity contribution in [3.8, 4) is 22.8 Å². The fourth-order valence-electron chi connectivity index (χ4n) is 3.91. The van der Waals surface area contributed by atoms with Crippen LogP contribution in [0.2, 0.25) is 0 Å². The predicted molar refractivity (Wildman–Crippen MR) is 129 cm³/mol. The van der Waals surface area contributed by atoms with Gasteiger partial charge < -0.3 is 9.84 Å². The molecule has 2 aromatic carbocycles. The highest BCUT2D eigenvalue weighted by atomic mass is 16.5. The molecule has 8 heteroatoms. The van der Waals surface area contributed by atoms with Gasteiger partial charge in [0.05, 0.1) is 11.1 Å². The van der Waals surface area contributed by atoms with E-state index in [2.05, 4.69) is 20.4 Å². The lowest BCUT2D eigenvalue weighted by Gasteiger charge is -2.13. The molecule has 0 saturated heterocycles. The second-order valence-corrected chi connectivity index (χ2v) is 8.03. The van der Waals surface area contributed by atoms with Gasteiger partial charge in [0.15, 0.2) is 0 Å². The van der Waals surface area contributed by atoms with E-state index in [0.717, 1.165) is 22.2 Å². The molecule has 3 aromatic heterocycles. The summed E-state index contributed by atoms with van der Waals surface area (Å²) in [6.07, 6.45) is 3.30. The number of carbonyl (C=O) groups is 1. The quantitative estimate of drug-likeness (QED) is 0.426. The van der Waals surface area contributed by atoms with Crippen LogP contribution in [0.25, 0.3) is 33.7 Å². The predicted octanol–water partition coefficient (Wildman–Crippen LogP) is 4.37. The monoisotopic (exact) mass is 451 g/mol. The Morgan fingerprint density at radius 3 is 2.71 bits per heavy atom. The van der Waals surface area contributed by atoms with Crippen LogP contribution in [0.3, 0.4) is 0 Å². The van der Waals surface area contributed by atoms with Crippen molar-refractivity contribution in [2.75, 3.05) is 5.32 Å². The molecule has 5 aromatic rings. The Hall–Kier alpha value is -4.59. The van der Waals surface area contributed by atoms with Crippen LogP contribution in [0.15, 0.2) is 82.4 Å². The molecule has 0 bridgehead atoms. The van der Waals surface area contributed by atoms with Gasteiger partial charge in [-0.25, -0.2) is 0 Å². The lowest BCUT2D eigenvalue weighted by Crippen LogP contribution is -2.28. The standard InChI is InChI=1S/C26H21N5O3/c1-16-9-10-21(17(2)12-16)28-23(32)15-31-22-8-4-3-7-19(22)20(13-24(31)33)26-29-25(30-34-26)18-6-5-11-27-14-18/h3-14H,15H2,1-2H3,(H,28,32). The number of aromatic nitrogens is 4. The first-order valence-corrected chi connectivity index (χ1v) is 10.7. The minimum absolute atomic E-state index is 0.127. The van der Waals surface area contributed by atoms with Crippen LogP contribution in [0, 0.1) is 13.8 Å². The highest BCUT2D eigenvalue weighted by Gasteiger charge is 2.18. The normalized spacial score (nSPS) is 11.0. The summed E-state index contributed by atoms with van der Waals surface area (Å²) in [4.78, 5) is 34.4. The summed E-state index contributed by atoms with van der Waals surface area (Å²) in [7, 11) is 0. The molecule has 3 heterocycles. The van der Waals surface area contributed by atoms with E-state index < -0.39 is 0 Å². The summed E-state index contributed by atoms with van der Waals surface area (Å²) in [6, 6.07) is 18.2. The van der Waals surface area contributed by atoms with Gasteiger partial charge in [-0.05, 0) is 43.7 Å². The third-order valence-electron chi connectivity index (χ3n) is 5.55. The molecule has 168 valence electrons. The number of aryl methyl sites for hydroxylation is 2. The maximum Gasteiger partial charge on any atom is 0.259 e. The lowest BCUT2D eigenvalue weighted by atomic mass is 10.1. The summed E-state index contributed by atoms with van der Waals surface area (Å²) in [5.74, 6) is 0.312. The number of hydrogen-bond donors (Lipinski definition) is 1. The summed E-state index contributed by atoms with van der Waals surface area (Å²) >= 11 is 0. The minimum Gasteiger partial charge on any atom is -0.334 e. The average molecular weight is 451 g/mol. The second kappa shape index (κ2) is 8.74. The molecule has 0 atom stereocenters. The Labute approximate surface area is 194 Å². The van der Waals surface area contributed by atoms with E-state index in [1.807, 2.05) is 56.3 Å². The first-order chi connectivity index (χ1) is 16.5. The number of anilines is 1. The molecule has 1 N–H and O–H groups in total. The van der Waals surface area contributed by atoms with Crippen molar-refractivity contribution >= 4 is 22.5 Å². The Kier molecular flexibility index (Phi) is 5.47. The van der Waals surface area contributed by atoms with Gasteiger partial charge in [0.1, 0.15) is 6.54 Å². The second-order valence-electron chi connectivity index (χ2n) is 8.03. The van der Waals surface area contributed by atoms with E-state index in [0.29, 0.717) is 22.5 Å². The number of carbonyl (C=O) groups excluding carboxylic acids is 1. The van der Waals surface area contributed by atoms with E-state index in [9.17, 15) is 9.59 Å². The van der Waals surface area contributed by atoms with E-state index in [4.69, 9.17) is 4.52 Å². The maximum atomic E-state index is 13.1. The van der Waals surface area contributed by atoms with Crippen molar-refractivity contribution < 1.29 is 9.32 Å². The van der Waals surface area contributed by atoms with E-state index in [1.165, 1.54) is 10.6 Å². The topological polar surface area (TPSA) is 103 Å². The van der Waals surface area contributed by atoms with Gasteiger partial charge >= 0.3 is 0 Å². The van der Waals surface area contributed by atoms with Gasteiger partial charge in [-0.3, -0.25) is 19.1 Å². The smallest absolute Gasteiger partial charge is 0.259 e. The molecule has 1 amide bonds. The van der Waals surface area contributed by atoms with Crippen molar-refractivity contribution in [2.24, 2.45) is 0 Å². The molecule has 0 aliphatic carbocycles. The van der Waals surface area contributed by atoms with Crippen LogP contribution in [-0.2, 0) is 11.3 Å². The number of pyridine rings is 2. The molecular formula is C26H21N5O3. The first-order valence-electron chi connectivity index (χ1n) is 10.7. The SMILES string of the molecule is Cc1ccc(NC(=O)Cn2c(=O)cc(-c3nc(-c4cccnc4)no3)c3ccccc32)c(C)c1. The van der Waals surface area contributed by atoms with E-state index in [1.54, 1.807) is 24.5 Å². The van der Waals surface area contributed by atoms with Gasteiger partial charge in [0.25, 0.3) is 11.4 Å². The Balaban J connectivity index is 1.50. The van der Waals surface area contributed by atoms with Gasteiger partial charge in [-0.1, -0.05) is 41.1 Å². The van der Waals surface area contributed by atoms with Crippen LogP contribution in [0.5, 0.6) is 0 Å². The van der Waals surface area contributed by atoms with Gasteiger partial charge in [0.2, 0.25) is 11.7 Å². The number of hydrogen-bond acceptors (Lipinski definition) is 6. The highest BCUT2D eigenvalue weighted by Crippen LogP contribution is 2.28. The van der Waals surface area contributed by atoms with Crippen molar-refractivity contribution in [1.82, 2.24) is 19.7 Å². The van der Waals surface area contributed by atoms with Crippen molar-refractivity contribution in [1.29, 1.82) is 0 Å². The van der Waals surface area contributed by atoms with Gasteiger partial charge in [-0.15, -0.1) is 0 Å². The fourth-order valence-corrected chi connectivity index (χ4v) is 3.91. The summed E-state index contributed by atoms with van der Waals surface area (Å²) in [6.45, 7) is 3.80. The Bertz CT molecular complexity index is 1570. The first kappa shape index (κ1) is 21.3. The van der Waals surface area contributed by atoms with Crippen LogP contribution < -0.4 is 10.9 Å². The number of fused-ring (bicyclic) bond motifs is 1. The molecule has 8 nitrogen and oxygen atoms in total. The molecule has 34 heavy (non-hydrogen) atoms. The molecule has 0 saturated carbocycles. The molecule has 0 aliphatic rings. The van der Waals surface area contributed by atoms with E-state index >= 15 is 0 Å². The van der Waals surface area contributed by atoms with E-state index in [-0.39, 0.29) is 23.9 Å². The largest absolute Gasteiger partial charge is 0.334 e. The fraction of sp³-hybridized carbons (Fsp3) is 0.115. The molecule has 0 aliphatic heterocycles. The minimum atomic E-state index is -0.342. The van der Waals surface area contributed by atoms with Crippen LogP contribution in [0.4, 0.5) is 5.69 Å². The zero-order valence-electron chi connectivity index (χ0n) is 18.6. The van der Waals surface area contributed by atoms with Crippen molar-refractivity contribution in [3.05, 3.63) is 94.5 Å². The zero-order chi connectivity index (χ0) is 23.7. The average Bonchev–Trinajstić information content (AvgIpc) is 3.33. The van der Waals surface area contributed by atoms with Crippen molar-refractivity contribution in [3.63, 3.8) is 0 Å².